The van der Waals surface area contributed by atoms with Crippen molar-refractivity contribution in [3.63, 3.8) is 0 Å². The first kappa shape index (κ1) is 22.8. The molecule has 1 fully saturated rings. The monoisotopic (exact) mass is 485 g/mol. The Labute approximate surface area is 210 Å². The van der Waals surface area contributed by atoms with Crippen LogP contribution in [0.3, 0.4) is 0 Å². The largest absolute Gasteiger partial charge is 0.467 e. The quantitative estimate of drug-likeness (QED) is 0.410. The van der Waals surface area contributed by atoms with E-state index >= 15 is 0 Å². The molecule has 2 aliphatic rings. The number of rotatable bonds is 6. The summed E-state index contributed by atoms with van der Waals surface area (Å²) in [7, 11) is 1.81. The zero-order valence-electron chi connectivity index (χ0n) is 20.9. The number of aromatic nitrogens is 3. The Balaban J connectivity index is 1.43. The van der Waals surface area contributed by atoms with Crippen LogP contribution < -0.4 is 4.90 Å². The van der Waals surface area contributed by atoms with E-state index in [-0.39, 0.29) is 5.91 Å². The van der Waals surface area contributed by atoms with E-state index in [4.69, 9.17) is 14.1 Å². The average molecular weight is 486 g/mol. The molecule has 0 radical (unpaired) electrons. The lowest BCUT2D eigenvalue weighted by molar-refractivity contribution is 0.0706. The normalized spacial score (nSPS) is 15.4. The number of aryl methyl sites for hydroxylation is 4. The number of morpholine rings is 1. The molecule has 36 heavy (non-hydrogen) atoms. The SMILES string of the molecule is Cc1cc(C(=O)N(Cc2ccco2)Cc2cc3cc4c(cc3nc2N2CCOCC2)CCC4)n(C)n1. The van der Waals surface area contributed by atoms with Gasteiger partial charge in [0.1, 0.15) is 17.3 Å². The first-order valence-electron chi connectivity index (χ1n) is 12.7. The van der Waals surface area contributed by atoms with Crippen molar-refractivity contribution in [2.45, 2.75) is 39.3 Å². The molecule has 0 unspecified atom stereocenters. The van der Waals surface area contributed by atoms with Gasteiger partial charge in [0.2, 0.25) is 0 Å². The molecule has 6 rings (SSSR count). The van der Waals surface area contributed by atoms with E-state index in [0.29, 0.717) is 32.0 Å². The molecular formula is C28H31N5O3. The Bertz CT molecular complexity index is 1400. The number of pyridine rings is 1. The minimum atomic E-state index is -0.0866. The van der Waals surface area contributed by atoms with Gasteiger partial charge in [0, 0.05) is 31.1 Å². The van der Waals surface area contributed by atoms with E-state index in [9.17, 15) is 4.79 Å². The Kier molecular flexibility index (Phi) is 5.97. The molecule has 4 aromatic rings. The molecule has 0 bridgehead atoms. The van der Waals surface area contributed by atoms with E-state index < -0.39 is 0 Å². The van der Waals surface area contributed by atoms with Crippen molar-refractivity contribution in [3.05, 3.63) is 76.5 Å². The molecule has 0 N–H and O–H groups in total. The number of hydrogen-bond acceptors (Lipinski definition) is 6. The lowest BCUT2D eigenvalue weighted by Crippen LogP contribution is -2.38. The second-order valence-corrected chi connectivity index (χ2v) is 9.77. The van der Waals surface area contributed by atoms with E-state index in [1.165, 1.54) is 17.5 Å². The predicted octanol–water partition coefficient (Wildman–Crippen LogP) is 4.04. The summed E-state index contributed by atoms with van der Waals surface area (Å²) in [4.78, 5) is 23.1. The molecule has 1 amide bonds. The van der Waals surface area contributed by atoms with Crippen LogP contribution in [0.15, 0.2) is 47.1 Å². The summed E-state index contributed by atoms with van der Waals surface area (Å²) in [6.07, 6.45) is 5.08. The lowest BCUT2D eigenvalue weighted by Gasteiger charge is -2.31. The van der Waals surface area contributed by atoms with Crippen LogP contribution in [-0.2, 0) is 37.7 Å². The van der Waals surface area contributed by atoms with Gasteiger partial charge in [-0.2, -0.15) is 5.10 Å². The lowest BCUT2D eigenvalue weighted by atomic mass is 10.0. The number of hydrogen-bond donors (Lipinski definition) is 0. The molecule has 8 heteroatoms. The molecule has 0 spiro atoms. The summed E-state index contributed by atoms with van der Waals surface area (Å²) in [6.45, 7) is 5.58. The highest BCUT2D eigenvalue weighted by Crippen LogP contribution is 2.31. The standard InChI is InChI=1S/C28H31N5O3/c1-19-13-26(31(2)30-19)28(34)33(18-24-7-4-10-36-24)17-23-15-22-14-20-5-3-6-21(20)16-25(22)29-27(23)32-8-11-35-12-9-32/h4,7,10,13-16H,3,5-6,8-9,11-12,17-18H2,1-2H3. The molecule has 1 aliphatic carbocycles. The maximum Gasteiger partial charge on any atom is 0.272 e. The third kappa shape index (κ3) is 4.37. The summed E-state index contributed by atoms with van der Waals surface area (Å²) >= 11 is 0. The van der Waals surface area contributed by atoms with Crippen LogP contribution in [0.2, 0.25) is 0 Å². The zero-order chi connectivity index (χ0) is 24.6. The Morgan fingerprint density at radius 1 is 1.08 bits per heavy atom. The average Bonchev–Trinajstić information content (AvgIpc) is 3.63. The van der Waals surface area contributed by atoms with Gasteiger partial charge in [-0.15, -0.1) is 0 Å². The van der Waals surface area contributed by atoms with Crippen molar-refractivity contribution in [2.24, 2.45) is 7.05 Å². The van der Waals surface area contributed by atoms with Crippen molar-refractivity contribution >= 4 is 22.6 Å². The van der Waals surface area contributed by atoms with Crippen molar-refractivity contribution in [3.8, 4) is 0 Å². The fraction of sp³-hybridized carbons (Fsp3) is 0.393. The fourth-order valence-corrected chi connectivity index (χ4v) is 5.41. The summed E-state index contributed by atoms with van der Waals surface area (Å²) < 4.78 is 12.9. The molecule has 4 heterocycles. The number of ether oxygens (including phenoxy) is 1. The third-order valence-electron chi connectivity index (χ3n) is 7.19. The van der Waals surface area contributed by atoms with Gasteiger partial charge in [-0.3, -0.25) is 9.48 Å². The number of furan rings is 1. The van der Waals surface area contributed by atoms with Gasteiger partial charge >= 0.3 is 0 Å². The molecule has 1 saturated heterocycles. The first-order valence-corrected chi connectivity index (χ1v) is 12.7. The van der Waals surface area contributed by atoms with Crippen LogP contribution in [0.25, 0.3) is 10.9 Å². The maximum atomic E-state index is 13.8. The number of anilines is 1. The van der Waals surface area contributed by atoms with Crippen LogP contribution in [0.4, 0.5) is 5.82 Å². The van der Waals surface area contributed by atoms with Gasteiger partial charge in [0.25, 0.3) is 5.91 Å². The number of carbonyl (C=O) groups is 1. The molecule has 186 valence electrons. The van der Waals surface area contributed by atoms with Gasteiger partial charge < -0.3 is 19.0 Å². The zero-order valence-corrected chi connectivity index (χ0v) is 20.9. The second-order valence-electron chi connectivity index (χ2n) is 9.77. The molecular weight excluding hydrogens is 454 g/mol. The molecule has 3 aromatic heterocycles. The van der Waals surface area contributed by atoms with Gasteiger partial charge in [0.05, 0.1) is 43.8 Å². The number of nitrogens with zero attached hydrogens (tertiary/aromatic N) is 5. The van der Waals surface area contributed by atoms with E-state index in [2.05, 4.69) is 28.2 Å². The Morgan fingerprint density at radius 3 is 2.61 bits per heavy atom. The minimum Gasteiger partial charge on any atom is -0.467 e. The Morgan fingerprint density at radius 2 is 1.89 bits per heavy atom. The van der Waals surface area contributed by atoms with Gasteiger partial charge in [-0.1, -0.05) is 0 Å². The van der Waals surface area contributed by atoms with Crippen molar-refractivity contribution in [1.29, 1.82) is 0 Å². The van der Waals surface area contributed by atoms with Gasteiger partial charge in [-0.25, -0.2) is 4.98 Å². The maximum absolute atomic E-state index is 13.8. The van der Waals surface area contributed by atoms with Gasteiger partial charge in [-0.05, 0) is 73.7 Å². The van der Waals surface area contributed by atoms with E-state index in [1.54, 1.807) is 10.9 Å². The van der Waals surface area contributed by atoms with E-state index in [0.717, 1.165) is 59.7 Å². The summed E-state index contributed by atoms with van der Waals surface area (Å²) in [5, 5.41) is 5.52. The van der Waals surface area contributed by atoms with Crippen LogP contribution in [0, 0.1) is 6.92 Å². The number of fused-ring (bicyclic) bond motifs is 2. The first-order chi connectivity index (χ1) is 17.5. The summed E-state index contributed by atoms with van der Waals surface area (Å²) in [5.41, 5.74) is 6.25. The van der Waals surface area contributed by atoms with Crippen LogP contribution in [0.5, 0.6) is 0 Å². The molecule has 0 saturated carbocycles. The fourth-order valence-electron chi connectivity index (χ4n) is 5.41. The van der Waals surface area contributed by atoms with E-state index in [1.807, 2.05) is 37.1 Å². The highest BCUT2D eigenvalue weighted by atomic mass is 16.5. The summed E-state index contributed by atoms with van der Waals surface area (Å²) in [5.74, 6) is 1.58. The smallest absolute Gasteiger partial charge is 0.272 e. The van der Waals surface area contributed by atoms with Crippen molar-refractivity contribution < 1.29 is 13.9 Å². The summed E-state index contributed by atoms with van der Waals surface area (Å²) in [6, 6.07) is 12.4. The number of benzene rings is 1. The molecule has 1 aromatic carbocycles. The molecule has 1 aliphatic heterocycles. The predicted molar refractivity (Wildman–Crippen MR) is 137 cm³/mol. The number of amides is 1. The van der Waals surface area contributed by atoms with Crippen molar-refractivity contribution in [1.82, 2.24) is 19.7 Å². The number of carbonyl (C=O) groups excluding carboxylic acids is 1. The topological polar surface area (TPSA) is 76.6 Å². The molecule has 8 nitrogen and oxygen atoms in total. The third-order valence-corrected chi connectivity index (χ3v) is 7.19. The van der Waals surface area contributed by atoms with Crippen LogP contribution >= 0.6 is 0 Å². The highest BCUT2D eigenvalue weighted by molar-refractivity contribution is 5.93. The Hall–Kier alpha value is -3.65. The second kappa shape index (κ2) is 9.43. The molecule has 0 atom stereocenters. The highest BCUT2D eigenvalue weighted by Gasteiger charge is 2.25. The van der Waals surface area contributed by atoms with Gasteiger partial charge in [0.15, 0.2) is 0 Å². The van der Waals surface area contributed by atoms with Crippen LogP contribution in [0.1, 0.15) is 45.1 Å². The minimum absolute atomic E-state index is 0.0866. The van der Waals surface area contributed by atoms with Crippen molar-refractivity contribution in [2.75, 3.05) is 31.2 Å². The van der Waals surface area contributed by atoms with Crippen LogP contribution in [-0.4, -0.2) is 51.9 Å².